The highest BCUT2D eigenvalue weighted by atomic mass is 32.2. The van der Waals surface area contributed by atoms with Crippen LogP contribution in [0.2, 0.25) is 0 Å². The largest absolute Gasteiger partial charge is 0.480 e. The van der Waals surface area contributed by atoms with Gasteiger partial charge in [-0.2, -0.15) is 0 Å². The summed E-state index contributed by atoms with van der Waals surface area (Å²) >= 11 is 0.850. The van der Waals surface area contributed by atoms with Gasteiger partial charge in [-0.25, -0.2) is 9.37 Å². The van der Waals surface area contributed by atoms with Gasteiger partial charge in [0, 0.05) is 5.56 Å². The number of carboxylic acids is 1. The molecule has 1 atom stereocenters. The van der Waals surface area contributed by atoms with E-state index in [0.29, 0.717) is 6.42 Å². The molecule has 2 aromatic rings. The van der Waals surface area contributed by atoms with Gasteiger partial charge in [-0.3, -0.25) is 19.4 Å². The van der Waals surface area contributed by atoms with Crippen molar-refractivity contribution in [2.45, 2.75) is 23.8 Å². The Labute approximate surface area is 145 Å². The second-order valence-corrected chi connectivity index (χ2v) is 6.14. The number of carboxylic acid groups (broad SMARTS) is 1. The van der Waals surface area contributed by atoms with Crippen molar-refractivity contribution in [2.75, 3.05) is 11.1 Å². The fourth-order valence-electron chi connectivity index (χ4n) is 1.88. The van der Waals surface area contributed by atoms with Gasteiger partial charge < -0.3 is 16.2 Å². The average Bonchev–Trinajstić information content (AvgIpc) is 2.56. The Bertz CT molecular complexity index is 854. The van der Waals surface area contributed by atoms with E-state index in [2.05, 4.69) is 15.3 Å². The van der Waals surface area contributed by atoms with Crippen LogP contribution in [0.3, 0.4) is 0 Å². The van der Waals surface area contributed by atoms with Crippen molar-refractivity contribution in [3.8, 4) is 0 Å². The number of H-pyrrole nitrogens is 1. The number of nitrogens with one attached hydrogen (secondary N) is 2. The number of aromatic nitrogens is 2. The molecule has 8 nitrogen and oxygen atoms in total. The molecule has 0 fully saturated rings. The molecule has 0 aliphatic heterocycles. The van der Waals surface area contributed by atoms with E-state index in [9.17, 15) is 18.8 Å². The molecule has 1 aromatic heterocycles. The minimum atomic E-state index is -1.04. The maximum atomic E-state index is 12.9. The van der Waals surface area contributed by atoms with Gasteiger partial charge in [0.05, 0.1) is 0 Å². The molecule has 0 aliphatic rings. The number of rotatable bonds is 6. The smallest absolute Gasteiger partial charge is 0.317 e. The number of anilines is 2. The SMILES string of the molecule is CC[C@@H](Sc1nc(N)c(NC(=O)c2ccc(F)cc2)c(=O)[nH]1)C(=O)O. The molecule has 0 bridgehead atoms. The fraction of sp³-hybridized carbons (Fsp3) is 0.200. The first-order chi connectivity index (χ1) is 11.8. The number of nitrogen functional groups attached to an aromatic ring is 1. The monoisotopic (exact) mass is 366 g/mol. The Morgan fingerprint density at radius 1 is 1.40 bits per heavy atom. The molecule has 1 aromatic carbocycles. The van der Waals surface area contributed by atoms with Crippen molar-refractivity contribution >= 4 is 35.1 Å². The number of carbonyl (C=O) groups is 2. The summed E-state index contributed by atoms with van der Waals surface area (Å²) in [4.78, 5) is 41.5. The highest BCUT2D eigenvalue weighted by Crippen LogP contribution is 2.23. The van der Waals surface area contributed by atoms with Crippen LogP contribution in [0.1, 0.15) is 23.7 Å². The lowest BCUT2D eigenvalue weighted by Crippen LogP contribution is -2.24. The number of aromatic amines is 1. The van der Waals surface area contributed by atoms with Crippen LogP contribution in [-0.2, 0) is 4.79 Å². The standard InChI is InChI=1S/C15H15FN4O4S/c1-2-9(14(23)24)25-15-19-11(17)10(13(22)20-15)18-12(21)7-3-5-8(16)6-4-7/h3-6,9H,2H2,1H3,(H,18,21)(H,23,24)(H3,17,19,20,22)/t9-/m1/s1. The summed E-state index contributed by atoms with van der Waals surface area (Å²) in [6.07, 6.45) is 0.326. The molecule has 2 rings (SSSR count). The number of aliphatic carboxylic acids is 1. The maximum Gasteiger partial charge on any atom is 0.317 e. The Morgan fingerprint density at radius 3 is 2.56 bits per heavy atom. The zero-order valence-electron chi connectivity index (χ0n) is 13.1. The number of amides is 1. The van der Waals surface area contributed by atoms with Gasteiger partial charge in [0.1, 0.15) is 16.8 Å². The number of nitrogens with two attached hydrogens (primary N) is 1. The molecule has 0 spiro atoms. The van der Waals surface area contributed by atoms with Crippen molar-refractivity contribution in [3.05, 3.63) is 46.0 Å². The summed E-state index contributed by atoms with van der Waals surface area (Å²) in [5, 5.41) is 10.6. The van der Waals surface area contributed by atoms with E-state index in [4.69, 9.17) is 10.8 Å². The topological polar surface area (TPSA) is 138 Å². The number of hydrogen-bond donors (Lipinski definition) is 4. The van der Waals surface area contributed by atoms with Crippen LogP contribution in [-0.4, -0.2) is 32.2 Å². The molecular weight excluding hydrogens is 351 g/mol. The normalized spacial score (nSPS) is 11.8. The number of benzene rings is 1. The van der Waals surface area contributed by atoms with Crippen LogP contribution in [0, 0.1) is 5.82 Å². The first-order valence-electron chi connectivity index (χ1n) is 7.18. The molecule has 5 N–H and O–H groups in total. The molecule has 1 heterocycles. The van der Waals surface area contributed by atoms with E-state index in [1.165, 1.54) is 12.1 Å². The predicted octanol–water partition coefficient (Wildman–Crippen LogP) is 1.70. The van der Waals surface area contributed by atoms with Gasteiger partial charge in [0.2, 0.25) is 0 Å². The average molecular weight is 366 g/mol. The van der Waals surface area contributed by atoms with E-state index in [1.54, 1.807) is 6.92 Å². The zero-order valence-corrected chi connectivity index (χ0v) is 13.9. The first-order valence-corrected chi connectivity index (χ1v) is 8.06. The molecule has 0 saturated carbocycles. The van der Waals surface area contributed by atoms with Crippen molar-refractivity contribution < 1.29 is 19.1 Å². The number of thioether (sulfide) groups is 1. The van der Waals surface area contributed by atoms with Gasteiger partial charge in [-0.1, -0.05) is 18.7 Å². The second-order valence-electron chi connectivity index (χ2n) is 4.95. The fourth-order valence-corrected chi connectivity index (χ4v) is 2.72. The number of hydrogen-bond acceptors (Lipinski definition) is 6. The highest BCUT2D eigenvalue weighted by molar-refractivity contribution is 8.00. The molecule has 0 aliphatic carbocycles. The Balaban J connectivity index is 2.22. The van der Waals surface area contributed by atoms with Crippen LogP contribution < -0.4 is 16.6 Å². The minimum Gasteiger partial charge on any atom is -0.480 e. The number of carbonyl (C=O) groups excluding carboxylic acids is 1. The third-order valence-corrected chi connectivity index (χ3v) is 4.41. The third kappa shape index (κ3) is 4.57. The van der Waals surface area contributed by atoms with Crippen LogP contribution in [0.5, 0.6) is 0 Å². The van der Waals surface area contributed by atoms with Gasteiger partial charge in [-0.05, 0) is 30.7 Å². The summed E-state index contributed by atoms with van der Waals surface area (Å²) in [5.74, 6) is -2.44. The van der Waals surface area contributed by atoms with E-state index in [1.807, 2.05) is 0 Å². The van der Waals surface area contributed by atoms with Crippen molar-refractivity contribution in [3.63, 3.8) is 0 Å². The van der Waals surface area contributed by atoms with Crippen molar-refractivity contribution in [1.29, 1.82) is 0 Å². The summed E-state index contributed by atoms with van der Waals surface area (Å²) < 4.78 is 12.9. The lowest BCUT2D eigenvalue weighted by atomic mass is 10.2. The second kappa shape index (κ2) is 7.79. The Hall–Kier alpha value is -2.88. The van der Waals surface area contributed by atoms with E-state index >= 15 is 0 Å². The lowest BCUT2D eigenvalue weighted by Gasteiger charge is -2.11. The molecule has 0 unspecified atom stereocenters. The molecule has 10 heteroatoms. The van der Waals surface area contributed by atoms with Crippen LogP contribution in [0.4, 0.5) is 15.9 Å². The molecule has 0 saturated heterocycles. The van der Waals surface area contributed by atoms with Crippen LogP contribution >= 0.6 is 11.8 Å². The Kier molecular flexibility index (Phi) is 5.75. The van der Waals surface area contributed by atoms with Crippen molar-refractivity contribution in [1.82, 2.24) is 9.97 Å². The molecule has 0 radical (unpaired) electrons. The van der Waals surface area contributed by atoms with E-state index < -0.39 is 28.5 Å². The van der Waals surface area contributed by atoms with E-state index in [0.717, 1.165) is 23.9 Å². The molecule has 132 valence electrons. The van der Waals surface area contributed by atoms with Crippen LogP contribution in [0.25, 0.3) is 0 Å². The molecular formula is C15H15FN4O4S. The zero-order chi connectivity index (χ0) is 18.6. The molecule has 25 heavy (non-hydrogen) atoms. The van der Waals surface area contributed by atoms with E-state index in [-0.39, 0.29) is 22.2 Å². The summed E-state index contributed by atoms with van der Waals surface area (Å²) in [6, 6.07) is 4.73. The van der Waals surface area contributed by atoms with Gasteiger partial charge in [-0.15, -0.1) is 0 Å². The van der Waals surface area contributed by atoms with Gasteiger partial charge >= 0.3 is 5.97 Å². The number of nitrogens with zero attached hydrogens (tertiary/aromatic N) is 1. The van der Waals surface area contributed by atoms with Gasteiger partial charge in [0.15, 0.2) is 11.0 Å². The van der Waals surface area contributed by atoms with Gasteiger partial charge in [0.25, 0.3) is 11.5 Å². The van der Waals surface area contributed by atoms with Crippen LogP contribution in [0.15, 0.2) is 34.2 Å². The summed E-state index contributed by atoms with van der Waals surface area (Å²) in [5.41, 5.74) is 4.86. The predicted molar refractivity (Wildman–Crippen MR) is 91.2 cm³/mol. The number of halogens is 1. The summed E-state index contributed by atoms with van der Waals surface area (Å²) in [6.45, 7) is 1.69. The van der Waals surface area contributed by atoms with Crippen molar-refractivity contribution in [2.24, 2.45) is 0 Å². The summed E-state index contributed by atoms with van der Waals surface area (Å²) in [7, 11) is 0. The minimum absolute atomic E-state index is 0.0385. The molecule has 1 amide bonds. The third-order valence-electron chi connectivity index (χ3n) is 3.17. The lowest BCUT2D eigenvalue weighted by molar-refractivity contribution is -0.136. The quantitative estimate of drug-likeness (QED) is 0.451. The Morgan fingerprint density at radius 2 is 2.04 bits per heavy atom. The first kappa shape index (κ1) is 18.5. The highest BCUT2D eigenvalue weighted by Gasteiger charge is 2.20. The maximum absolute atomic E-state index is 12.9.